The van der Waals surface area contributed by atoms with Crippen LogP contribution in [0.1, 0.15) is 38.8 Å². The summed E-state index contributed by atoms with van der Waals surface area (Å²) in [6.45, 7) is 7.47. The Morgan fingerprint density at radius 3 is 2.89 bits per heavy atom. The zero-order valence-electron chi connectivity index (χ0n) is 11.6. The number of ether oxygens (including phenoxy) is 1. The lowest BCUT2D eigenvalue weighted by Crippen LogP contribution is -2.68. The van der Waals surface area contributed by atoms with Gasteiger partial charge >= 0.3 is 0 Å². The van der Waals surface area contributed by atoms with Crippen molar-refractivity contribution in [3.05, 3.63) is 29.8 Å². The number of para-hydroxylation sites is 1. The van der Waals surface area contributed by atoms with Gasteiger partial charge in [0.05, 0.1) is 6.04 Å². The van der Waals surface area contributed by atoms with Crippen LogP contribution in [-0.2, 0) is 0 Å². The fourth-order valence-corrected chi connectivity index (χ4v) is 3.59. The van der Waals surface area contributed by atoms with Crippen molar-refractivity contribution in [2.24, 2.45) is 5.92 Å². The first-order valence-electron chi connectivity index (χ1n) is 6.94. The number of nitrogens with one attached hydrogen (secondary N) is 1. The Hall–Kier alpha value is -1.29. The Balaban J connectivity index is 2.08. The molecule has 1 aromatic rings. The van der Waals surface area contributed by atoms with Gasteiger partial charge in [0, 0.05) is 18.0 Å². The zero-order chi connectivity index (χ0) is 13.6. The Morgan fingerprint density at radius 2 is 2.16 bits per heavy atom. The topological polar surface area (TPSA) is 24.5 Å². The maximum absolute atomic E-state index is 6.34. The lowest BCUT2D eigenvalue weighted by Gasteiger charge is -2.56. The number of thiocarbonyl (C=S) groups is 1. The summed E-state index contributed by atoms with van der Waals surface area (Å²) in [6.07, 6.45) is 1.06. The number of hydrogen-bond acceptors (Lipinski definition) is 2. The third-order valence-electron chi connectivity index (χ3n) is 4.42. The van der Waals surface area contributed by atoms with E-state index in [2.05, 4.69) is 43.1 Å². The largest absolute Gasteiger partial charge is 0.467 e. The average molecular weight is 276 g/mol. The van der Waals surface area contributed by atoms with E-state index in [0.717, 1.165) is 23.8 Å². The Labute approximate surface area is 119 Å². The van der Waals surface area contributed by atoms with Gasteiger partial charge in [0.1, 0.15) is 5.75 Å². The van der Waals surface area contributed by atoms with Gasteiger partial charge in [0.25, 0.3) is 0 Å². The first-order chi connectivity index (χ1) is 9.08. The molecule has 0 saturated carbocycles. The third-order valence-corrected chi connectivity index (χ3v) is 4.76. The van der Waals surface area contributed by atoms with Crippen LogP contribution in [0.3, 0.4) is 0 Å². The molecule has 2 heterocycles. The number of rotatable bonds is 2. The summed E-state index contributed by atoms with van der Waals surface area (Å²) in [5.41, 5.74) is 0.864. The number of hydrogen-bond donors (Lipinski definition) is 1. The molecular weight excluding hydrogens is 256 g/mol. The summed E-state index contributed by atoms with van der Waals surface area (Å²) in [6, 6.07) is 8.50. The SMILES string of the molecule is CCCN1C(=S)N[C@H]2c3ccccc3O[C@@]1(C)[C@@H]2C. The van der Waals surface area contributed by atoms with E-state index in [0.29, 0.717) is 5.92 Å². The molecule has 0 aromatic heterocycles. The van der Waals surface area contributed by atoms with Gasteiger partial charge in [-0.3, -0.25) is 0 Å². The van der Waals surface area contributed by atoms with E-state index in [1.807, 2.05) is 12.1 Å². The molecule has 1 N–H and O–H groups in total. The lowest BCUT2D eigenvalue weighted by molar-refractivity contribution is -0.110. The molecule has 3 rings (SSSR count). The molecule has 102 valence electrons. The van der Waals surface area contributed by atoms with Crippen LogP contribution in [-0.4, -0.2) is 22.3 Å². The van der Waals surface area contributed by atoms with Gasteiger partial charge in [0.15, 0.2) is 10.8 Å². The molecule has 3 atom stereocenters. The Kier molecular flexibility index (Phi) is 2.93. The molecule has 0 radical (unpaired) electrons. The van der Waals surface area contributed by atoms with Crippen LogP contribution in [0.4, 0.5) is 0 Å². The maximum Gasteiger partial charge on any atom is 0.186 e. The summed E-state index contributed by atoms with van der Waals surface area (Å²) in [4.78, 5) is 2.19. The van der Waals surface area contributed by atoms with Crippen molar-refractivity contribution >= 4 is 17.3 Å². The van der Waals surface area contributed by atoms with E-state index in [1.165, 1.54) is 5.56 Å². The Morgan fingerprint density at radius 1 is 1.42 bits per heavy atom. The fourth-order valence-electron chi connectivity index (χ4n) is 3.19. The molecule has 2 aliphatic rings. The lowest BCUT2D eigenvalue weighted by atomic mass is 9.81. The highest BCUT2D eigenvalue weighted by atomic mass is 32.1. The third kappa shape index (κ3) is 1.73. The van der Waals surface area contributed by atoms with E-state index in [1.54, 1.807) is 0 Å². The van der Waals surface area contributed by atoms with Crippen molar-refractivity contribution in [2.75, 3.05) is 6.54 Å². The average Bonchev–Trinajstić information content (AvgIpc) is 2.39. The van der Waals surface area contributed by atoms with Gasteiger partial charge < -0.3 is 15.0 Å². The molecule has 2 bridgehead atoms. The minimum Gasteiger partial charge on any atom is -0.467 e. The van der Waals surface area contributed by atoms with Crippen LogP contribution in [0.15, 0.2) is 24.3 Å². The normalized spacial score (nSPS) is 32.4. The monoisotopic (exact) mass is 276 g/mol. The highest BCUT2D eigenvalue weighted by Gasteiger charge is 2.52. The quantitative estimate of drug-likeness (QED) is 0.839. The number of nitrogens with zero attached hydrogens (tertiary/aromatic N) is 1. The van der Waals surface area contributed by atoms with Crippen molar-refractivity contribution in [1.82, 2.24) is 10.2 Å². The summed E-state index contributed by atoms with van der Waals surface area (Å²) in [5.74, 6) is 1.32. The number of fused-ring (bicyclic) bond motifs is 4. The van der Waals surface area contributed by atoms with Crippen molar-refractivity contribution in [3.63, 3.8) is 0 Å². The molecule has 4 heteroatoms. The van der Waals surface area contributed by atoms with Crippen molar-refractivity contribution < 1.29 is 4.74 Å². The highest BCUT2D eigenvalue weighted by Crippen LogP contribution is 2.47. The Bertz CT molecular complexity index is 519. The summed E-state index contributed by atoms with van der Waals surface area (Å²) >= 11 is 5.54. The van der Waals surface area contributed by atoms with Gasteiger partial charge in [0.2, 0.25) is 0 Å². The predicted molar refractivity (Wildman–Crippen MR) is 80.1 cm³/mol. The van der Waals surface area contributed by atoms with E-state index >= 15 is 0 Å². The fraction of sp³-hybridized carbons (Fsp3) is 0.533. The molecular formula is C15H20N2OS. The first-order valence-corrected chi connectivity index (χ1v) is 7.35. The minimum absolute atomic E-state index is 0.246. The van der Waals surface area contributed by atoms with Crippen molar-refractivity contribution in [2.45, 2.75) is 39.0 Å². The molecule has 19 heavy (non-hydrogen) atoms. The second-order valence-electron chi connectivity index (χ2n) is 5.56. The van der Waals surface area contributed by atoms with E-state index in [4.69, 9.17) is 17.0 Å². The van der Waals surface area contributed by atoms with Crippen LogP contribution in [0.25, 0.3) is 0 Å². The van der Waals surface area contributed by atoms with Gasteiger partial charge in [-0.2, -0.15) is 0 Å². The van der Waals surface area contributed by atoms with Gasteiger partial charge in [-0.1, -0.05) is 32.0 Å². The summed E-state index contributed by atoms with van der Waals surface area (Å²) in [5, 5.41) is 4.30. The number of benzene rings is 1. The van der Waals surface area contributed by atoms with Crippen LogP contribution in [0, 0.1) is 5.92 Å². The van der Waals surface area contributed by atoms with Gasteiger partial charge in [-0.25, -0.2) is 0 Å². The van der Waals surface area contributed by atoms with Crippen molar-refractivity contribution in [3.8, 4) is 5.75 Å². The van der Waals surface area contributed by atoms with Crippen LogP contribution < -0.4 is 10.1 Å². The summed E-state index contributed by atoms with van der Waals surface area (Å²) in [7, 11) is 0. The molecule has 0 aliphatic carbocycles. The molecule has 3 nitrogen and oxygen atoms in total. The molecule has 0 unspecified atom stereocenters. The van der Waals surface area contributed by atoms with Crippen LogP contribution >= 0.6 is 12.2 Å². The predicted octanol–water partition coefficient (Wildman–Crippen LogP) is 3.07. The molecule has 2 aliphatic heterocycles. The van der Waals surface area contributed by atoms with Gasteiger partial charge in [-0.05, 0) is 31.6 Å². The molecule has 1 fully saturated rings. The smallest absolute Gasteiger partial charge is 0.186 e. The second-order valence-corrected chi connectivity index (χ2v) is 5.95. The van der Waals surface area contributed by atoms with E-state index < -0.39 is 0 Å². The molecule has 0 amide bonds. The molecule has 1 saturated heterocycles. The van der Waals surface area contributed by atoms with Crippen LogP contribution in [0.5, 0.6) is 5.75 Å². The van der Waals surface area contributed by atoms with E-state index in [9.17, 15) is 0 Å². The molecule has 0 spiro atoms. The standard InChI is InChI=1S/C15H20N2OS/c1-4-9-17-14(19)16-13-10(2)15(17,3)18-12-8-6-5-7-11(12)13/h5-8,10,13H,4,9H2,1-3H3,(H,16,19)/t10-,13-,15+/m1/s1. The maximum atomic E-state index is 6.34. The van der Waals surface area contributed by atoms with E-state index in [-0.39, 0.29) is 11.8 Å². The highest BCUT2D eigenvalue weighted by molar-refractivity contribution is 7.80. The van der Waals surface area contributed by atoms with Crippen LogP contribution in [0.2, 0.25) is 0 Å². The zero-order valence-corrected chi connectivity index (χ0v) is 12.5. The molecule has 1 aromatic carbocycles. The van der Waals surface area contributed by atoms with Crippen molar-refractivity contribution in [1.29, 1.82) is 0 Å². The van der Waals surface area contributed by atoms with Gasteiger partial charge in [-0.15, -0.1) is 0 Å². The summed E-state index contributed by atoms with van der Waals surface area (Å²) < 4.78 is 6.34. The minimum atomic E-state index is -0.350. The second kappa shape index (κ2) is 4.37. The first kappa shape index (κ1) is 12.7.